The van der Waals surface area contributed by atoms with E-state index in [2.05, 4.69) is 30.7 Å². The van der Waals surface area contributed by atoms with Gasteiger partial charge < -0.3 is 20.8 Å². The molecule has 2 aromatic carbocycles. The van der Waals surface area contributed by atoms with E-state index >= 15 is 0 Å². The molecule has 0 saturated heterocycles. The lowest BCUT2D eigenvalue weighted by atomic mass is 10.2. The maximum Gasteiger partial charge on any atom is 0.327 e. The van der Waals surface area contributed by atoms with E-state index in [0.717, 1.165) is 21.6 Å². The van der Waals surface area contributed by atoms with Gasteiger partial charge in [0.2, 0.25) is 0 Å². The largest absolute Gasteiger partial charge is 0.480 e. The number of benzene rings is 2. The summed E-state index contributed by atoms with van der Waals surface area (Å²) < 4.78 is 0. The fourth-order valence-electron chi connectivity index (χ4n) is 2.53. The number of carbonyl (C=O) groups excluding carboxylic acids is 2. The van der Waals surface area contributed by atoms with E-state index in [1.54, 1.807) is 0 Å². The third kappa shape index (κ3) is 8.77. The maximum atomic E-state index is 12.3. The monoisotopic (exact) mass is 530 g/mol. The van der Waals surface area contributed by atoms with E-state index in [4.69, 9.17) is 11.1 Å². The Labute approximate surface area is 211 Å². The Morgan fingerprint density at radius 3 is 1.33 bits per heavy atom. The van der Waals surface area contributed by atoms with Gasteiger partial charge in [-0.15, -0.1) is 0 Å². The van der Waals surface area contributed by atoms with Crippen LogP contribution in [0.2, 0.25) is 0 Å². The topological polar surface area (TPSA) is 230 Å². The molecule has 2 rings (SSSR count). The highest BCUT2D eigenvalue weighted by molar-refractivity contribution is 8.76. The zero-order chi connectivity index (χ0) is 26.5. The smallest absolute Gasteiger partial charge is 0.327 e. The van der Waals surface area contributed by atoms with E-state index in [9.17, 15) is 29.4 Å². The van der Waals surface area contributed by atoms with E-state index in [1.165, 1.54) is 48.5 Å². The quantitative estimate of drug-likeness (QED) is 0.0968. The molecule has 36 heavy (non-hydrogen) atoms. The van der Waals surface area contributed by atoms with Crippen molar-refractivity contribution in [2.24, 2.45) is 10.2 Å². The van der Waals surface area contributed by atoms with Crippen LogP contribution in [0.5, 0.6) is 0 Å². The highest BCUT2D eigenvalue weighted by Crippen LogP contribution is 2.24. The van der Waals surface area contributed by atoms with Crippen LogP contribution >= 0.6 is 21.6 Å². The molecule has 0 spiro atoms. The molecule has 2 atom stereocenters. The number of hydrogen-bond donors (Lipinski definition) is 4. The number of azide groups is 2. The second-order valence-corrected chi connectivity index (χ2v) is 9.32. The predicted octanol–water partition coefficient (Wildman–Crippen LogP) is 4.02. The molecular weight excluding hydrogens is 512 g/mol. The van der Waals surface area contributed by atoms with Gasteiger partial charge in [-0.05, 0) is 35.3 Å². The van der Waals surface area contributed by atoms with Gasteiger partial charge in [0.1, 0.15) is 12.1 Å². The molecule has 186 valence electrons. The molecule has 2 aromatic rings. The van der Waals surface area contributed by atoms with Gasteiger partial charge in [0.25, 0.3) is 11.8 Å². The minimum atomic E-state index is -1.28. The summed E-state index contributed by atoms with van der Waals surface area (Å²) in [5, 5.41) is 30.3. The van der Waals surface area contributed by atoms with Gasteiger partial charge >= 0.3 is 11.9 Å². The summed E-state index contributed by atoms with van der Waals surface area (Å²) in [6.45, 7) is 0. The first kappa shape index (κ1) is 27.9. The standard InChI is InChI=1S/C20H18N8O6S2/c21-27-25-13-5-1-11(2-6-13)17(29)23-15(19(31)32)9-35-36-10-16(20(33)34)24-18(30)12-3-7-14(8-4-12)26-28-22/h1-8,15-16H,9-10H2,(H,23,29)(H,24,30)(H,31,32)(H,33,34). The molecule has 0 aliphatic rings. The molecule has 14 nitrogen and oxygen atoms in total. The average molecular weight is 531 g/mol. The minimum absolute atomic E-state index is 0.0797. The summed E-state index contributed by atoms with van der Waals surface area (Å²) in [5.41, 5.74) is 17.7. The lowest BCUT2D eigenvalue weighted by molar-refractivity contribution is -0.139. The second-order valence-electron chi connectivity index (χ2n) is 6.77. The Balaban J connectivity index is 1.88. The van der Waals surface area contributed by atoms with Crippen molar-refractivity contribution in [1.29, 1.82) is 0 Å². The third-order valence-electron chi connectivity index (χ3n) is 4.34. The van der Waals surface area contributed by atoms with Crippen molar-refractivity contribution in [3.05, 3.63) is 80.5 Å². The summed E-state index contributed by atoms with van der Waals surface area (Å²) in [6.07, 6.45) is 0. The van der Waals surface area contributed by atoms with Crippen molar-refractivity contribution in [3.63, 3.8) is 0 Å². The Morgan fingerprint density at radius 1 is 0.722 bits per heavy atom. The van der Waals surface area contributed by atoms with Crippen molar-refractivity contribution in [2.75, 3.05) is 11.5 Å². The number of hydrogen-bond acceptors (Lipinski definition) is 8. The molecular formula is C20H18N8O6S2. The summed E-state index contributed by atoms with van der Waals surface area (Å²) >= 11 is 0. The van der Waals surface area contributed by atoms with Crippen molar-refractivity contribution >= 4 is 56.7 Å². The van der Waals surface area contributed by atoms with E-state index in [1.807, 2.05) is 0 Å². The molecule has 0 aliphatic heterocycles. The molecule has 2 unspecified atom stereocenters. The highest BCUT2D eigenvalue weighted by atomic mass is 33.1. The lowest BCUT2D eigenvalue weighted by Crippen LogP contribution is -2.43. The number of carbonyl (C=O) groups is 4. The minimum Gasteiger partial charge on any atom is -0.480 e. The molecule has 16 heteroatoms. The van der Waals surface area contributed by atoms with E-state index < -0.39 is 35.8 Å². The van der Waals surface area contributed by atoms with Gasteiger partial charge in [0, 0.05) is 43.8 Å². The van der Waals surface area contributed by atoms with Crippen LogP contribution in [-0.4, -0.2) is 57.6 Å². The number of nitrogens with one attached hydrogen (secondary N) is 2. The van der Waals surface area contributed by atoms with Crippen LogP contribution in [-0.2, 0) is 9.59 Å². The molecule has 2 amide bonds. The zero-order valence-corrected chi connectivity index (χ0v) is 19.8. The van der Waals surface area contributed by atoms with Crippen LogP contribution in [0.15, 0.2) is 58.8 Å². The van der Waals surface area contributed by atoms with Crippen LogP contribution < -0.4 is 10.6 Å². The van der Waals surface area contributed by atoms with Crippen molar-refractivity contribution < 1.29 is 29.4 Å². The van der Waals surface area contributed by atoms with Crippen molar-refractivity contribution in [2.45, 2.75) is 12.1 Å². The summed E-state index contributed by atoms with van der Waals surface area (Å²) in [4.78, 5) is 53.0. The third-order valence-corrected chi connectivity index (χ3v) is 6.76. The van der Waals surface area contributed by atoms with Gasteiger partial charge in [-0.3, -0.25) is 9.59 Å². The normalized spacial score (nSPS) is 11.7. The molecule has 0 saturated carbocycles. The summed E-state index contributed by atoms with van der Waals surface area (Å²) in [6, 6.07) is 8.62. The van der Waals surface area contributed by atoms with Crippen molar-refractivity contribution in [3.8, 4) is 0 Å². The first-order valence-electron chi connectivity index (χ1n) is 9.87. The highest BCUT2D eigenvalue weighted by Gasteiger charge is 2.24. The number of carboxylic acids is 2. The van der Waals surface area contributed by atoms with E-state index in [0.29, 0.717) is 11.4 Å². The van der Waals surface area contributed by atoms with Crippen LogP contribution in [0.4, 0.5) is 11.4 Å². The van der Waals surface area contributed by atoms with Crippen LogP contribution in [0.25, 0.3) is 20.9 Å². The van der Waals surface area contributed by atoms with Gasteiger partial charge in [0.15, 0.2) is 0 Å². The van der Waals surface area contributed by atoms with Crippen LogP contribution in [0.3, 0.4) is 0 Å². The van der Waals surface area contributed by atoms with Gasteiger partial charge in [-0.2, -0.15) is 0 Å². The number of carboxylic acid groups (broad SMARTS) is 2. The average Bonchev–Trinajstić information content (AvgIpc) is 2.85. The molecule has 0 bridgehead atoms. The number of aliphatic carboxylic acids is 2. The fraction of sp³-hybridized carbons (Fsp3) is 0.200. The SMILES string of the molecule is [N-]=[N+]=Nc1ccc(C(=O)NC(CSSCC(NC(=O)c2ccc(N=[N+]=[N-])cc2)C(=O)O)C(=O)O)cc1. The first-order chi connectivity index (χ1) is 17.2. The van der Waals surface area contributed by atoms with Crippen LogP contribution in [0, 0.1) is 0 Å². The maximum absolute atomic E-state index is 12.3. The Kier molecular flexibility index (Phi) is 10.9. The fourth-order valence-corrected chi connectivity index (χ4v) is 4.84. The summed E-state index contributed by atoms with van der Waals surface area (Å²) in [7, 11) is 2.03. The Bertz CT molecular complexity index is 1120. The number of rotatable bonds is 13. The van der Waals surface area contributed by atoms with Gasteiger partial charge in [-0.25, -0.2) is 9.59 Å². The second kappa shape index (κ2) is 14.1. The molecule has 0 aliphatic carbocycles. The molecule has 0 heterocycles. The molecule has 4 N–H and O–H groups in total. The van der Waals surface area contributed by atoms with Gasteiger partial charge in [-0.1, -0.05) is 56.1 Å². The number of nitrogens with zero attached hydrogens (tertiary/aromatic N) is 6. The van der Waals surface area contributed by atoms with Gasteiger partial charge in [0.05, 0.1) is 0 Å². The first-order valence-corrected chi connectivity index (χ1v) is 12.4. The molecule has 0 fully saturated rings. The van der Waals surface area contributed by atoms with Crippen molar-refractivity contribution in [1.82, 2.24) is 10.6 Å². The Morgan fingerprint density at radius 2 is 1.06 bits per heavy atom. The lowest BCUT2D eigenvalue weighted by Gasteiger charge is -2.16. The number of amides is 2. The zero-order valence-electron chi connectivity index (χ0n) is 18.2. The predicted molar refractivity (Wildman–Crippen MR) is 133 cm³/mol. The van der Waals surface area contributed by atoms with Crippen LogP contribution in [0.1, 0.15) is 20.7 Å². The Hall–Kier alpha value is -4.36. The molecule has 0 aromatic heterocycles. The molecule has 0 radical (unpaired) electrons. The summed E-state index contributed by atoms with van der Waals surface area (Å²) in [5.74, 6) is -4.03. The van der Waals surface area contributed by atoms with E-state index in [-0.39, 0.29) is 22.6 Å².